The van der Waals surface area contributed by atoms with E-state index < -0.39 is 22.0 Å². The lowest BCUT2D eigenvalue weighted by Gasteiger charge is -2.20. The fourth-order valence-corrected chi connectivity index (χ4v) is 4.38. The Morgan fingerprint density at radius 3 is 2.13 bits per heavy atom. The van der Waals surface area contributed by atoms with Gasteiger partial charge in [0.25, 0.3) is 0 Å². The summed E-state index contributed by atoms with van der Waals surface area (Å²) in [5.74, 6) is -0.401. The first-order chi connectivity index (χ1) is 14.2. The van der Waals surface area contributed by atoms with E-state index in [9.17, 15) is 13.2 Å². The maximum Gasteiger partial charge on any atom is 0.242 e. The van der Waals surface area contributed by atoms with Gasteiger partial charge in [-0.1, -0.05) is 65.7 Å². The molecule has 5 nitrogen and oxygen atoms in total. The molecule has 0 aliphatic heterocycles. The average molecular weight is 423 g/mol. The molecule has 0 fully saturated rings. The Morgan fingerprint density at radius 2 is 1.50 bits per heavy atom. The zero-order valence-electron chi connectivity index (χ0n) is 17.3. The number of hydrogen-bond donors (Lipinski definition) is 2. The second-order valence-corrected chi connectivity index (χ2v) is 9.20. The van der Waals surface area contributed by atoms with Crippen LogP contribution in [-0.4, -0.2) is 20.4 Å². The molecule has 0 aliphatic carbocycles. The molecule has 2 N–H and O–H groups in total. The van der Waals surface area contributed by atoms with Gasteiger partial charge in [-0.25, -0.2) is 8.42 Å². The third-order valence-corrected chi connectivity index (χ3v) is 6.36. The maximum atomic E-state index is 13.1. The van der Waals surface area contributed by atoms with Gasteiger partial charge in [-0.3, -0.25) is 4.79 Å². The van der Waals surface area contributed by atoms with E-state index in [1.54, 1.807) is 24.3 Å². The summed E-state index contributed by atoms with van der Waals surface area (Å²) in [5.41, 5.74) is 4.50. The van der Waals surface area contributed by atoms with Crippen LogP contribution in [0.25, 0.3) is 0 Å². The van der Waals surface area contributed by atoms with Crippen molar-refractivity contribution in [3.8, 4) is 0 Å². The Bertz CT molecular complexity index is 1120. The van der Waals surface area contributed by atoms with Gasteiger partial charge in [0.05, 0.1) is 4.90 Å². The molecule has 0 unspecified atom stereocenters. The van der Waals surface area contributed by atoms with Gasteiger partial charge in [0.15, 0.2) is 0 Å². The summed E-state index contributed by atoms with van der Waals surface area (Å²) in [6.07, 6.45) is 0.239. The molecule has 0 bridgehead atoms. The van der Waals surface area contributed by atoms with Crippen molar-refractivity contribution < 1.29 is 13.2 Å². The van der Waals surface area contributed by atoms with Crippen molar-refractivity contribution in [3.63, 3.8) is 0 Å². The lowest BCUT2D eigenvalue weighted by atomic mass is 10.1. The predicted octanol–water partition coefficient (Wildman–Crippen LogP) is 4.14. The van der Waals surface area contributed by atoms with Gasteiger partial charge in [0.1, 0.15) is 6.04 Å². The Balaban J connectivity index is 1.87. The highest BCUT2D eigenvalue weighted by molar-refractivity contribution is 7.89. The minimum Gasteiger partial charge on any atom is -0.324 e. The van der Waals surface area contributed by atoms with E-state index in [0.29, 0.717) is 5.69 Å². The minimum absolute atomic E-state index is 0.130. The number of anilines is 1. The number of amides is 1. The molecule has 6 heteroatoms. The number of aryl methyl sites for hydroxylation is 3. The number of hydrogen-bond acceptors (Lipinski definition) is 3. The van der Waals surface area contributed by atoms with Crippen molar-refractivity contribution >= 4 is 21.6 Å². The molecule has 3 aromatic rings. The van der Waals surface area contributed by atoms with Crippen molar-refractivity contribution in [2.45, 2.75) is 38.1 Å². The third-order valence-electron chi connectivity index (χ3n) is 4.87. The average Bonchev–Trinajstić information content (AvgIpc) is 2.70. The normalized spacial score (nSPS) is 12.4. The van der Waals surface area contributed by atoms with Crippen molar-refractivity contribution in [3.05, 3.63) is 95.1 Å². The van der Waals surface area contributed by atoms with Crippen LogP contribution >= 0.6 is 0 Å². The van der Waals surface area contributed by atoms with Crippen LogP contribution in [0.4, 0.5) is 5.69 Å². The van der Waals surface area contributed by atoms with E-state index in [-0.39, 0.29) is 11.3 Å². The predicted molar refractivity (Wildman–Crippen MR) is 120 cm³/mol. The fourth-order valence-electron chi connectivity index (χ4n) is 3.18. The second-order valence-electron chi connectivity index (χ2n) is 7.48. The molecule has 0 radical (unpaired) electrons. The van der Waals surface area contributed by atoms with Crippen LogP contribution in [0.3, 0.4) is 0 Å². The minimum atomic E-state index is -3.86. The molecule has 1 atom stereocenters. The van der Waals surface area contributed by atoms with Gasteiger partial charge in [0.2, 0.25) is 15.9 Å². The van der Waals surface area contributed by atoms with E-state index in [2.05, 4.69) is 10.0 Å². The molecule has 0 saturated heterocycles. The van der Waals surface area contributed by atoms with E-state index in [0.717, 1.165) is 22.3 Å². The van der Waals surface area contributed by atoms with Crippen LogP contribution in [-0.2, 0) is 21.2 Å². The highest BCUT2D eigenvalue weighted by Gasteiger charge is 2.26. The summed E-state index contributed by atoms with van der Waals surface area (Å²) in [6, 6.07) is 20.6. The van der Waals surface area contributed by atoms with Gasteiger partial charge in [0, 0.05) is 5.69 Å². The quantitative estimate of drug-likeness (QED) is 0.601. The number of sulfonamides is 1. The van der Waals surface area contributed by atoms with Crippen molar-refractivity contribution in [2.75, 3.05) is 5.32 Å². The van der Waals surface area contributed by atoms with Crippen LogP contribution in [0.1, 0.15) is 22.3 Å². The van der Waals surface area contributed by atoms with Crippen molar-refractivity contribution in [1.29, 1.82) is 0 Å². The smallest absolute Gasteiger partial charge is 0.242 e. The number of nitrogens with one attached hydrogen (secondary N) is 2. The molecule has 156 valence electrons. The maximum absolute atomic E-state index is 13.1. The first-order valence-corrected chi connectivity index (χ1v) is 11.2. The molecule has 0 aromatic heterocycles. The number of carbonyl (C=O) groups excluding carboxylic acids is 1. The third kappa shape index (κ3) is 5.55. The van der Waals surface area contributed by atoms with Crippen LogP contribution in [0.5, 0.6) is 0 Å². The van der Waals surface area contributed by atoms with Gasteiger partial charge >= 0.3 is 0 Å². The SMILES string of the molecule is Cc1ccc(S(=O)(=O)N[C@@H](Cc2ccccc2)C(=O)Nc2ccc(C)cc2C)cc1. The summed E-state index contributed by atoms with van der Waals surface area (Å²) in [4.78, 5) is 13.2. The molecular formula is C24H26N2O3S. The number of carbonyl (C=O) groups is 1. The summed E-state index contributed by atoms with van der Waals surface area (Å²) < 4.78 is 28.4. The van der Waals surface area contributed by atoms with E-state index >= 15 is 0 Å². The second kappa shape index (κ2) is 9.24. The Morgan fingerprint density at radius 1 is 0.867 bits per heavy atom. The topological polar surface area (TPSA) is 75.3 Å². The van der Waals surface area contributed by atoms with E-state index in [1.807, 2.05) is 69.3 Å². The highest BCUT2D eigenvalue weighted by atomic mass is 32.2. The fraction of sp³-hybridized carbons (Fsp3) is 0.208. The van der Waals surface area contributed by atoms with Crippen LogP contribution in [0, 0.1) is 20.8 Å². The highest BCUT2D eigenvalue weighted by Crippen LogP contribution is 2.18. The number of rotatable bonds is 7. The monoisotopic (exact) mass is 422 g/mol. The van der Waals surface area contributed by atoms with Crippen LogP contribution in [0.15, 0.2) is 77.7 Å². The van der Waals surface area contributed by atoms with Crippen LogP contribution in [0.2, 0.25) is 0 Å². The molecule has 3 rings (SSSR count). The van der Waals surface area contributed by atoms with Gasteiger partial charge in [-0.15, -0.1) is 0 Å². The largest absolute Gasteiger partial charge is 0.324 e. The molecule has 0 aliphatic rings. The molecular weight excluding hydrogens is 396 g/mol. The zero-order chi connectivity index (χ0) is 21.7. The zero-order valence-corrected chi connectivity index (χ0v) is 18.2. The molecule has 0 saturated carbocycles. The molecule has 30 heavy (non-hydrogen) atoms. The molecule has 1 amide bonds. The first-order valence-electron chi connectivity index (χ1n) is 9.75. The first kappa shape index (κ1) is 21.7. The molecule has 3 aromatic carbocycles. The van der Waals surface area contributed by atoms with E-state index in [4.69, 9.17) is 0 Å². The Kier molecular flexibility index (Phi) is 6.70. The summed E-state index contributed by atoms with van der Waals surface area (Å²) >= 11 is 0. The lowest BCUT2D eigenvalue weighted by molar-refractivity contribution is -0.117. The van der Waals surface area contributed by atoms with Gasteiger partial charge < -0.3 is 5.32 Å². The van der Waals surface area contributed by atoms with Gasteiger partial charge in [-0.05, 0) is 56.5 Å². The Labute approximate surface area is 178 Å². The van der Waals surface area contributed by atoms with E-state index in [1.165, 1.54) is 0 Å². The summed E-state index contributed by atoms with van der Waals surface area (Å²) in [5, 5.41) is 2.88. The summed E-state index contributed by atoms with van der Waals surface area (Å²) in [7, 11) is -3.86. The lowest BCUT2D eigenvalue weighted by Crippen LogP contribution is -2.45. The summed E-state index contributed by atoms with van der Waals surface area (Å²) in [6.45, 7) is 5.77. The van der Waals surface area contributed by atoms with Crippen molar-refractivity contribution in [2.24, 2.45) is 0 Å². The molecule has 0 spiro atoms. The van der Waals surface area contributed by atoms with Crippen LogP contribution < -0.4 is 10.0 Å². The van der Waals surface area contributed by atoms with Gasteiger partial charge in [-0.2, -0.15) is 4.72 Å². The Hall–Kier alpha value is -2.96. The number of benzene rings is 3. The standard InChI is InChI=1S/C24H26N2O3S/c1-17-9-12-21(13-10-17)30(28,29)26-23(16-20-7-5-4-6-8-20)24(27)25-22-14-11-18(2)15-19(22)3/h4-15,23,26H,16H2,1-3H3,(H,25,27)/t23-/m0/s1. The van der Waals surface area contributed by atoms with Crippen molar-refractivity contribution in [1.82, 2.24) is 4.72 Å². The molecule has 0 heterocycles.